The van der Waals surface area contributed by atoms with Gasteiger partial charge < -0.3 is 0 Å². The summed E-state index contributed by atoms with van der Waals surface area (Å²) in [7, 11) is 2.18. The molecule has 0 unspecified atom stereocenters. The minimum Gasteiger partial charge on any atom is -0.296 e. The van der Waals surface area contributed by atoms with Crippen molar-refractivity contribution in [1.29, 1.82) is 0 Å². The molecule has 0 radical (unpaired) electrons. The van der Waals surface area contributed by atoms with Gasteiger partial charge in [-0.05, 0) is 20.9 Å². The first-order valence-corrected chi connectivity index (χ1v) is 5.05. The molecule has 3 N–H and O–H groups in total. The number of piperazine rings is 2. The van der Waals surface area contributed by atoms with Crippen molar-refractivity contribution >= 4 is 0 Å². The quantitative estimate of drug-likeness (QED) is 0.458. The summed E-state index contributed by atoms with van der Waals surface area (Å²) < 4.78 is 0. The lowest BCUT2D eigenvalue weighted by molar-refractivity contribution is -0.0577. The van der Waals surface area contributed by atoms with E-state index in [-0.39, 0.29) is 11.3 Å². The summed E-state index contributed by atoms with van der Waals surface area (Å²) in [6.07, 6.45) is 0. The van der Waals surface area contributed by atoms with Crippen LogP contribution in [0.15, 0.2) is 0 Å². The highest BCUT2D eigenvalue weighted by atomic mass is 15.5. The van der Waals surface area contributed by atoms with Gasteiger partial charge in [0.15, 0.2) is 0 Å². The molecule has 2 atom stereocenters. The third-order valence-corrected chi connectivity index (χ3v) is 3.74. The molecule has 2 fully saturated rings. The van der Waals surface area contributed by atoms with E-state index in [2.05, 4.69) is 41.7 Å². The zero-order chi connectivity index (χ0) is 9.53. The Morgan fingerprint density at radius 1 is 1.00 bits per heavy atom. The minimum absolute atomic E-state index is 0.00174. The third kappa shape index (κ3) is 1.21. The predicted molar refractivity (Wildman–Crippen MR) is 53.4 cm³/mol. The van der Waals surface area contributed by atoms with Crippen LogP contribution in [0.5, 0.6) is 0 Å². The van der Waals surface area contributed by atoms with E-state index in [4.69, 9.17) is 0 Å². The van der Waals surface area contributed by atoms with Gasteiger partial charge in [-0.3, -0.25) is 20.9 Å². The van der Waals surface area contributed by atoms with Crippen LogP contribution < -0.4 is 16.0 Å². The lowest BCUT2D eigenvalue weighted by atomic mass is 9.89. The Morgan fingerprint density at radius 2 is 1.62 bits per heavy atom. The monoisotopic (exact) mass is 184 g/mol. The second-order valence-corrected chi connectivity index (χ2v) is 4.40. The molecule has 0 bridgehead atoms. The van der Waals surface area contributed by atoms with Crippen LogP contribution in [0.1, 0.15) is 13.8 Å². The fourth-order valence-corrected chi connectivity index (χ4v) is 2.42. The average molecular weight is 184 g/mol. The highest BCUT2D eigenvalue weighted by molar-refractivity contribution is 5.08. The average Bonchev–Trinajstić information content (AvgIpc) is 2.09. The van der Waals surface area contributed by atoms with E-state index in [1.165, 1.54) is 0 Å². The zero-order valence-corrected chi connectivity index (χ0v) is 8.78. The maximum Gasteiger partial charge on any atom is 0.100 e. The molecule has 0 aromatic heterocycles. The van der Waals surface area contributed by atoms with Gasteiger partial charge in [-0.15, -0.1) is 0 Å². The molecule has 13 heavy (non-hydrogen) atoms. The molecule has 2 heterocycles. The van der Waals surface area contributed by atoms with Crippen molar-refractivity contribution in [3.8, 4) is 0 Å². The molecule has 4 nitrogen and oxygen atoms in total. The summed E-state index contributed by atoms with van der Waals surface area (Å²) in [6, 6.07) is 0. The van der Waals surface area contributed by atoms with Crippen LogP contribution in [0.2, 0.25) is 0 Å². The molecule has 2 saturated heterocycles. The Balaban J connectivity index is 2.27. The number of nitrogens with zero attached hydrogens (tertiary/aromatic N) is 1. The van der Waals surface area contributed by atoms with Gasteiger partial charge in [0, 0.05) is 26.2 Å². The van der Waals surface area contributed by atoms with E-state index in [0.29, 0.717) is 0 Å². The van der Waals surface area contributed by atoms with Crippen LogP contribution in [0, 0.1) is 0 Å². The molecule has 0 aromatic carbocycles. The van der Waals surface area contributed by atoms with E-state index < -0.39 is 0 Å². The fraction of sp³-hybridized carbons (Fsp3) is 1.00. The molecule has 2 aliphatic heterocycles. The van der Waals surface area contributed by atoms with E-state index in [1.54, 1.807) is 0 Å². The van der Waals surface area contributed by atoms with Gasteiger partial charge in [0.1, 0.15) is 5.66 Å². The molecule has 0 aromatic rings. The van der Waals surface area contributed by atoms with E-state index in [0.717, 1.165) is 26.2 Å². The molecular formula is C9H20N4. The maximum atomic E-state index is 3.59. The van der Waals surface area contributed by atoms with Crippen LogP contribution in [0.4, 0.5) is 0 Å². The summed E-state index contributed by atoms with van der Waals surface area (Å²) in [5, 5.41) is 10.7. The maximum absolute atomic E-state index is 3.59. The molecular weight excluding hydrogens is 164 g/mol. The van der Waals surface area contributed by atoms with Gasteiger partial charge in [-0.1, -0.05) is 0 Å². The Labute approximate surface area is 80.1 Å². The van der Waals surface area contributed by atoms with Gasteiger partial charge >= 0.3 is 0 Å². The topological polar surface area (TPSA) is 39.3 Å². The highest BCUT2D eigenvalue weighted by Crippen LogP contribution is 2.27. The number of hydrogen-bond acceptors (Lipinski definition) is 4. The molecule has 0 spiro atoms. The minimum atomic E-state index is -0.00174. The third-order valence-electron chi connectivity index (χ3n) is 3.74. The molecule has 4 heteroatoms. The second kappa shape index (κ2) is 2.92. The van der Waals surface area contributed by atoms with E-state index in [1.807, 2.05) is 0 Å². The molecule has 2 rings (SSSR count). The number of likely N-dealkylation sites (N-methyl/N-ethyl adjacent to an activating group) is 1. The van der Waals surface area contributed by atoms with Gasteiger partial charge in [0.25, 0.3) is 0 Å². The summed E-state index contributed by atoms with van der Waals surface area (Å²) in [4.78, 5) is 2.38. The van der Waals surface area contributed by atoms with Crippen LogP contribution in [0.25, 0.3) is 0 Å². The number of rotatable bonds is 0. The van der Waals surface area contributed by atoms with Gasteiger partial charge in [0.05, 0.1) is 5.66 Å². The molecule has 0 aliphatic carbocycles. The van der Waals surface area contributed by atoms with E-state index >= 15 is 0 Å². The van der Waals surface area contributed by atoms with Crippen LogP contribution in [-0.4, -0.2) is 49.5 Å². The fourth-order valence-electron chi connectivity index (χ4n) is 2.42. The van der Waals surface area contributed by atoms with E-state index in [9.17, 15) is 0 Å². The van der Waals surface area contributed by atoms with Gasteiger partial charge in [-0.2, -0.15) is 0 Å². The Kier molecular flexibility index (Phi) is 2.11. The van der Waals surface area contributed by atoms with Crippen molar-refractivity contribution in [2.75, 3.05) is 33.2 Å². The number of fused-ring (bicyclic) bond motifs is 1. The molecule has 0 amide bonds. The molecule has 76 valence electrons. The van der Waals surface area contributed by atoms with Crippen molar-refractivity contribution in [3.05, 3.63) is 0 Å². The highest BCUT2D eigenvalue weighted by Gasteiger charge is 2.50. The predicted octanol–water partition coefficient (Wildman–Crippen LogP) is -0.853. The van der Waals surface area contributed by atoms with Crippen molar-refractivity contribution in [1.82, 2.24) is 20.9 Å². The van der Waals surface area contributed by atoms with Crippen molar-refractivity contribution in [2.24, 2.45) is 0 Å². The number of hydrogen-bond donors (Lipinski definition) is 3. The normalized spacial score (nSPS) is 47.3. The second-order valence-electron chi connectivity index (χ2n) is 4.40. The number of nitrogens with one attached hydrogen (secondary N) is 3. The first-order chi connectivity index (χ1) is 6.08. The summed E-state index contributed by atoms with van der Waals surface area (Å²) >= 11 is 0. The lowest BCUT2D eigenvalue weighted by Crippen LogP contribution is -2.84. The van der Waals surface area contributed by atoms with Gasteiger partial charge in [-0.25, -0.2) is 0 Å². The lowest BCUT2D eigenvalue weighted by Gasteiger charge is -2.58. The van der Waals surface area contributed by atoms with Gasteiger partial charge in [0.2, 0.25) is 0 Å². The summed E-state index contributed by atoms with van der Waals surface area (Å²) in [5.74, 6) is 0. The Bertz CT molecular complexity index is 204. The van der Waals surface area contributed by atoms with Crippen LogP contribution in [-0.2, 0) is 0 Å². The van der Waals surface area contributed by atoms with Crippen molar-refractivity contribution < 1.29 is 0 Å². The SMILES string of the molecule is CN1CCN[C@@]2(C)NCCN[C@@]12C. The van der Waals surface area contributed by atoms with Crippen molar-refractivity contribution in [2.45, 2.75) is 25.2 Å². The van der Waals surface area contributed by atoms with Crippen LogP contribution in [0.3, 0.4) is 0 Å². The molecule has 0 saturated carbocycles. The van der Waals surface area contributed by atoms with Crippen molar-refractivity contribution in [3.63, 3.8) is 0 Å². The first kappa shape index (κ1) is 9.40. The summed E-state index contributed by atoms with van der Waals surface area (Å²) in [6.45, 7) is 8.71. The summed E-state index contributed by atoms with van der Waals surface area (Å²) in [5.41, 5.74) is 0.0295. The standard InChI is InChI=1S/C9H20N4/c1-8-9(2,12-5-4-10-8)13(3)7-6-11-8/h10-12H,4-7H2,1-3H3/t8-,9+/m1/s1. The smallest absolute Gasteiger partial charge is 0.100 e. The largest absolute Gasteiger partial charge is 0.296 e. The Hall–Kier alpha value is -0.160. The zero-order valence-electron chi connectivity index (χ0n) is 8.78. The first-order valence-electron chi connectivity index (χ1n) is 5.05. The molecule has 2 aliphatic rings. The Morgan fingerprint density at radius 3 is 2.31 bits per heavy atom. The van der Waals surface area contributed by atoms with Crippen LogP contribution >= 0.6 is 0 Å².